The number of nitrogens with zero attached hydrogens (tertiary/aromatic N) is 1. The Kier molecular flexibility index (Phi) is 4.44. The lowest BCUT2D eigenvalue weighted by Crippen LogP contribution is -2.44. The van der Waals surface area contributed by atoms with E-state index in [0.717, 1.165) is 11.3 Å². The number of aryl methyl sites for hydroxylation is 1. The second-order valence-electron chi connectivity index (χ2n) is 5.02. The fourth-order valence-electron chi connectivity index (χ4n) is 1.59. The van der Waals surface area contributed by atoms with Gasteiger partial charge in [0.05, 0.1) is 0 Å². The van der Waals surface area contributed by atoms with Gasteiger partial charge in [-0.3, -0.25) is 0 Å². The molecule has 0 aromatic carbocycles. The third-order valence-electron chi connectivity index (χ3n) is 3.45. The van der Waals surface area contributed by atoms with Crippen molar-refractivity contribution in [2.75, 3.05) is 7.05 Å². The number of carboxylic acids is 1. The molecule has 0 fully saturated rings. The third kappa shape index (κ3) is 2.82. The lowest BCUT2D eigenvalue weighted by molar-refractivity contribution is 0.0698. The summed E-state index contributed by atoms with van der Waals surface area (Å²) >= 11 is 0.941. The van der Waals surface area contributed by atoms with Crippen molar-refractivity contribution < 1.29 is 18.3 Å². The minimum Gasteiger partial charge on any atom is -0.477 e. The van der Waals surface area contributed by atoms with Crippen molar-refractivity contribution in [2.24, 2.45) is 0 Å². The van der Waals surface area contributed by atoms with E-state index in [2.05, 4.69) is 0 Å². The van der Waals surface area contributed by atoms with Crippen LogP contribution in [0.25, 0.3) is 0 Å². The van der Waals surface area contributed by atoms with Gasteiger partial charge in [-0.2, -0.15) is 4.31 Å². The average molecular weight is 305 g/mol. The first-order valence-corrected chi connectivity index (χ1v) is 8.18. The number of aromatic carboxylic acids is 1. The Morgan fingerprint density at radius 3 is 2.42 bits per heavy atom. The molecule has 5 nitrogen and oxygen atoms in total. The van der Waals surface area contributed by atoms with Crippen LogP contribution in [0.1, 0.15) is 42.4 Å². The summed E-state index contributed by atoms with van der Waals surface area (Å²) in [5.41, 5.74) is -0.0932. The van der Waals surface area contributed by atoms with Crippen molar-refractivity contribution in [3.63, 3.8) is 0 Å². The van der Waals surface area contributed by atoms with E-state index >= 15 is 0 Å². The van der Waals surface area contributed by atoms with Crippen LogP contribution in [-0.2, 0) is 10.0 Å². The van der Waals surface area contributed by atoms with Gasteiger partial charge in [-0.1, -0.05) is 6.92 Å². The predicted octanol–water partition coefficient (Wildman–Crippen LogP) is 2.56. The lowest BCUT2D eigenvalue weighted by atomic mass is 10.0. The van der Waals surface area contributed by atoms with Gasteiger partial charge in [-0.25, -0.2) is 13.2 Å². The van der Waals surface area contributed by atoms with Crippen LogP contribution in [0.4, 0.5) is 0 Å². The zero-order valence-corrected chi connectivity index (χ0v) is 13.4. The SMILES string of the molecule is CCC(C)(C)N(C)S(=O)(=O)c1c(C)csc1C(=O)O. The molecule has 0 aliphatic heterocycles. The molecule has 1 aromatic heterocycles. The summed E-state index contributed by atoms with van der Waals surface area (Å²) < 4.78 is 26.5. The number of sulfonamides is 1. The van der Waals surface area contributed by atoms with Gasteiger partial charge in [0.25, 0.3) is 0 Å². The molecular formula is C12H19NO4S2. The highest BCUT2D eigenvalue weighted by molar-refractivity contribution is 7.89. The molecule has 0 aliphatic carbocycles. The highest BCUT2D eigenvalue weighted by Crippen LogP contribution is 2.32. The molecular weight excluding hydrogens is 286 g/mol. The van der Waals surface area contributed by atoms with Crippen molar-refractivity contribution in [3.8, 4) is 0 Å². The van der Waals surface area contributed by atoms with E-state index in [0.29, 0.717) is 12.0 Å². The van der Waals surface area contributed by atoms with E-state index in [4.69, 9.17) is 5.11 Å². The first-order valence-electron chi connectivity index (χ1n) is 5.86. The normalized spacial score (nSPS) is 12.9. The second-order valence-corrected chi connectivity index (χ2v) is 7.81. The van der Waals surface area contributed by atoms with Crippen LogP contribution in [0, 0.1) is 6.92 Å². The zero-order chi connectivity index (χ0) is 15.0. The standard InChI is InChI=1S/C12H19NO4S2/c1-6-12(3,4)13(5)19(16,17)10-8(2)7-18-9(10)11(14)15/h7H,6H2,1-5H3,(H,14,15). The number of thiophene rings is 1. The van der Waals surface area contributed by atoms with Crippen LogP contribution >= 0.6 is 11.3 Å². The smallest absolute Gasteiger partial charge is 0.347 e. The average Bonchev–Trinajstić information content (AvgIpc) is 2.70. The Balaban J connectivity index is 3.45. The van der Waals surface area contributed by atoms with Gasteiger partial charge >= 0.3 is 5.97 Å². The molecule has 0 bridgehead atoms. The van der Waals surface area contributed by atoms with Gasteiger partial charge in [-0.15, -0.1) is 11.3 Å². The second kappa shape index (κ2) is 5.22. The monoisotopic (exact) mass is 305 g/mol. The summed E-state index contributed by atoms with van der Waals surface area (Å²) in [5.74, 6) is -1.21. The Hall–Kier alpha value is -0.920. The summed E-state index contributed by atoms with van der Waals surface area (Å²) in [6.07, 6.45) is 0.633. The van der Waals surface area contributed by atoms with Crippen molar-refractivity contribution in [1.29, 1.82) is 0 Å². The van der Waals surface area contributed by atoms with Gasteiger partial charge < -0.3 is 5.11 Å². The Morgan fingerprint density at radius 2 is 2.00 bits per heavy atom. The molecule has 1 heterocycles. The summed E-state index contributed by atoms with van der Waals surface area (Å²) in [7, 11) is -2.32. The van der Waals surface area contributed by atoms with Crippen molar-refractivity contribution >= 4 is 27.3 Å². The molecule has 1 rings (SSSR count). The largest absolute Gasteiger partial charge is 0.477 e. The highest BCUT2D eigenvalue weighted by atomic mass is 32.2. The Labute approximate surface area is 117 Å². The van der Waals surface area contributed by atoms with Gasteiger partial charge in [0.15, 0.2) is 0 Å². The van der Waals surface area contributed by atoms with Crippen LogP contribution in [0.15, 0.2) is 10.3 Å². The topological polar surface area (TPSA) is 74.7 Å². The predicted molar refractivity (Wildman–Crippen MR) is 75.3 cm³/mol. The molecule has 0 saturated carbocycles. The number of hydrogen-bond acceptors (Lipinski definition) is 4. The summed E-state index contributed by atoms with van der Waals surface area (Å²) in [4.78, 5) is 10.9. The molecule has 108 valence electrons. The summed E-state index contributed by atoms with van der Waals surface area (Å²) in [5, 5.41) is 10.7. The van der Waals surface area contributed by atoms with E-state index in [1.165, 1.54) is 11.4 Å². The molecule has 0 atom stereocenters. The zero-order valence-electron chi connectivity index (χ0n) is 11.7. The molecule has 1 aromatic rings. The molecule has 0 aliphatic rings. The number of carbonyl (C=O) groups is 1. The molecule has 0 radical (unpaired) electrons. The summed E-state index contributed by atoms with van der Waals surface area (Å²) in [6.45, 7) is 7.13. The van der Waals surface area contributed by atoms with Gasteiger partial charge in [0, 0.05) is 12.6 Å². The van der Waals surface area contributed by atoms with E-state index in [1.54, 1.807) is 12.3 Å². The van der Waals surface area contributed by atoms with Gasteiger partial charge in [-0.05, 0) is 38.1 Å². The van der Waals surface area contributed by atoms with Crippen molar-refractivity contribution in [2.45, 2.75) is 44.6 Å². The highest BCUT2D eigenvalue weighted by Gasteiger charge is 2.36. The molecule has 0 unspecified atom stereocenters. The first-order chi connectivity index (χ1) is 8.55. The molecule has 0 saturated heterocycles. The summed E-state index contributed by atoms with van der Waals surface area (Å²) in [6, 6.07) is 0. The number of hydrogen-bond donors (Lipinski definition) is 1. The van der Waals surface area contributed by atoms with Crippen LogP contribution < -0.4 is 0 Å². The van der Waals surface area contributed by atoms with Gasteiger partial charge in [0.2, 0.25) is 10.0 Å². The van der Waals surface area contributed by atoms with Crippen molar-refractivity contribution in [1.82, 2.24) is 4.31 Å². The van der Waals surface area contributed by atoms with Crippen LogP contribution in [0.2, 0.25) is 0 Å². The van der Waals surface area contributed by atoms with E-state index < -0.39 is 21.5 Å². The van der Waals surface area contributed by atoms with Crippen molar-refractivity contribution in [3.05, 3.63) is 15.8 Å². The first kappa shape index (κ1) is 16.1. The maximum Gasteiger partial charge on any atom is 0.347 e. The minimum absolute atomic E-state index is 0.0889. The van der Waals surface area contributed by atoms with Crippen LogP contribution in [-0.4, -0.2) is 36.4 Å². The number of rotatable bonds is 5. The minimum atomic E-state index is -3.81. The molecule has 1 N–H and O–H groups in total. The van der Waals surface area contributed by atoms with E-state index in [9.17, 15) is 13.2 Å². The molecule has 19 heavy (non-hydrogen) atoms. The molecule has 0 amide bonds. The third-order valence-corrected chi connectivity index (χ3v) is 6.92. The quantitative estimate of drug-likeness (QED) is 0.907. The maximum atomic E-state index is 12.6. The molecule has 0 spiro atoms. The Morgan fingerprint density at radius 1 is 1.47 bits per heavy atom. The number of carboxylic acid groups (broad SMARTS) is 1. The Bertz CT molecular complexity index is 587. The fourth-order valence-corrected chi connectivity index (χ4v) is 4.74. The fraction of sp³-hybridized carbons (Fsp3) is 0.583. The van der Waals surface area contributed by atoms with Crippen LogP contribution in [0.3, 0.4) is 0 Å². The van der Waals surface area contributed by atoms with Gasteiger partial charge in [0.1, 0.15) is 9.77 Å². The maximum absolute atomic E-state index is 12.6. The van der Waals surface area contributed by atoms with E-state index in [1.807, 2.05) is 20.8 Å². The van der Waals surface area contributed by atoms with E-state index in [-0.39, 0.29) is 9.77 Å². The van der Waals surface area contributed by atoms with Crippen LogP contribution in [0.5, 0.6) is 0 Å². The molecule has 7 heteroatoms. The lowest BCUT2D eigenvalue weighted by Gasteiger charge is -2.33.